The number of fused-ring (bicyclic) bond motifs is 2. The second kappa shape index (κ2) is 5.76. The summed E-state index contributed by atoms with van der Waals surface area (Å²) in [6.45, 7) is 0.582. The number of benzene rings is 1. The number of aromatic hydroxyl groups is 1. The van der Waals surface area contributed by atoms with Crippen molar-refractivity contribution in [1.29, 1.82) is 0 Å². The molecule has 0 atom stereocenters. The fourth-order valence-corrected chi connectivity index (χ4v) is 3.90. The van der Waals surface area contributed by atoms with Crippen LogP contribution < -0.4 is 10.1 Å². The number of carbonyl (C=O) groups is 2. The van der Waals surface area contributed by atoms with Crippen LogP contribution in [0.25, 0.3) is 0 Å². The fourth-order valence-electron chi connectivity index (χ4n) is 3.90. The number of para-hydroxylation sites is 2. The number of nitrogens with one attached hydrogen (secondary N) is 1. The van der Waals surface area contributed by atoms with Crippen molar-refractivity contribution in [2.24, 2.45) is 10.8 Å². The highest BCUT2D eigenvalue weighted by Gasteiger charge is 2.61. The van der Waals surface area contributed by atoms with Gasteiger partial charge in [-0.25, -0.2) is 0 Å². The third kappa shape index (κ3) is 2.73. The van der Waals surface area contributed by atoms with Gasteiger partial charge in [0.1, 0.15) is 6.61 Å². The van der Waals surface area contributed by atoms with E-state index in [4.69, 9.17) is 4.74 Å². The second-order valence-corrected chi connectivity index (χ2v) is 6.61. The molecule has 2 fully saturated rings. The summed E-state index contributed by atoms with van der Waals surface area (Å²) >= 11 is 0. The molecule has 1 aromatic carbocycles. The Morgan fingerprint density at radius 3 is 2.39 bits per heavy atom. The predicted molar refractivity (Wildman–Crippen MR) is 82.2 cm³/mol. The van der Waals surface area contributed by atoms with Gasteiger partial charge in [0.2, 0.25) is 5.91 Å². The zero-order valence-electron chi connectivity index (χ0n) is 12.9. The first-order valence-corrected chi connectivity index (χ1v) is 7.90. The van der Waals surface area contributed by atoms with Gasteiger partial charge in [0.25, 0.3) is 0 Å². The molecule has 0 saturated heterocycles. The lowest BCUT2D eigenvalue weighted by Gasteiger charge is -2.25. The number of carboxylic acids is 1. The molecule has 0 spiro atoms. The van der Waals surface area contributed by atoms with E-state index in [1.807, 2.05) is 0 Å². The number of ether oxygens (including phenoxy) is 1. The number of hydrogen-bond acceptors (Lipinski definition) is 4. The van der Waals surface area contributed by atoms with E-state index in [2.05, 4.69) is 5.32 Å². The number of amides is 1. The zero-order valence-corrected chi connectivity index (χ0v) is 12.9. The highest BCUT2D eigenvalue weighted by Crippen LogP contribution is 2.61. The Morgan fingerprint density at radius 2 is 1.78 bits per heavy atom. The molecular weight excluding hydrogens is 298 g/mol. The summed E-state index contributed by atoms with van der Waals surface area (Å²) < 4.78 is 5.43. The Morgan fingerprint density at radius 1 is 1.13 bits per heavy atom. The van der Waals surface area contributed by atoms with E-state index in [0.29, 0.717) is 44.4 Å². The average molecular weight is 319 g/mol. The molecule has 6 heteroatoms. The lowest BCUT2D eigenvalue weighted by atomic mass is 9.81. The number of rotatable bonds is 6. The van der Waals surface area contributed by atoms with Gasteiger partial charge in [-0.1, -0.05) is 12.1 Å². The van der Waals surface area contributed by atoms with Crippen LogP contribution in [0.2, 0.25) is 0 Å². The minimum atomic E-state index is -0.771. The van der Waals surface area contributed by atoms with Crippen LogP contribution in [-0.4, -0.2) is 35.2 Å². The highest BCUT2D eigenvalue weighted by atomic mass is 16.5. The minimum Gasteiger partial charge on any atom is -0.504 e. The van der Waals surface area contributed by atoms with E-state index in [1.165, 1.54) is 6.07 Å². The summed E-state index contributed by atoms with van der Waals surface area (Å²) in [6.07, 6.45) is 2.91. The standard InChI is InChI=1S/C17H21NO5/c19-12-3-1-2-4-13(12)23-10-9-18-14(20)16-5-7-17(11-16,8-6-16)15(21)22/h1-4,19H,5-11H2,(H,18,20)(H,21,22). The summed E-state index contributed by atoms with van der Waals surface area (Å²) in [5.41, 5.74) is -1.21. The monoisotopic (exact) mass is 319 g/mol. The van der Waals surface area contributed by atoms with Gasteiger partial charge in [-0.05, 0) is 44.2 Å². The third-order valence-corrected chi connectivity index (χ3v) is 5.29. The van der Waals surface area contributed by atoms with Gasteiger partial charge >= 0.3 is 5.97 Å². The molecule has 1 amide bonds. The second-order valence-electron chi connectivity index (χ2n) is 6.61. The lowest BCUT2D eigenvalue weighted by molar-refractivity contribution is -0.148. The topological polar surface area (TPSA) is 95.9 Å². The van der Waals surface area contributed by atoms with Crippen molar-refractivity contribution in [2.45, 2.75) is 32.1 Å². The maximum absolute atomic E-state index is 12.5. The molecule has 23 heavy (non-hydrogen) atoms. The van der Waals surface area contributed by atoms with Crippen LogP contribution in [0.1, 0.15) is 32.1 Å². The average Bonchev–Trinajstić information content (AvgIpc) is 3.12. The number of phenols is 1. The first-order valence-electron chi connectivity index (χ1n) is 7.90. The first-order chi connectivity index (χ1) is 11.0. The number of carboxylic acid groups (broad SMARTS) is 1. The molecule has 0 radical (unpaired) electrons. The van der Waals surface area contributed by atoms with Crippen molar-refractivity contribution in [2.75, 3.05) is 13.2 Å². The van der Waals surface area contributed by atoms with Crippen LogP contribution in [0.5, 0.6) is 11.5 Å². The van der Waals surface area contributed by atoms with E-state index < -0.39 is 16.8 Å². The van der Waals surface area contributed by atoms with Gasteiger partial charge in [0, 0.05) is 0 Å². The smallest absolute Gasteiger partial charge is 0.309 e. The summed E-state index contributed by atoms with van der Waals surface area (Å²) in [5, 5.41) is 21.8. The minimum absolute atomic E-state index is 0.0650. The van der Waals surface area contributed by atoms with Gasteiger partial charge in [-0.2, -0.15) is 0 Å². The number of hydrogen-bond donors (Lipinski definition) is 3. The summed E-state index contributed by atoms with van der Waals surface area (Å²) in [6, 6.07) is 6.66. The van der Waals surface area contributed by atoms with Crippen LogP contribution in [0.3, 0.4) is 0 Å². The van der Waals surface area contributed by atoms with Crippen molar-refractivity contribution in [3.63, 3.8) is 0 Å². The van der Waals surface area contributed by atoms with Crippen LogP contribution >= 0.6 is 0 Å². The van der Waals surface area contributed by atoms with Crippen LogP contribution in [0.4, 0.5) is 0 Å². The Bertz CT molecular complexity index is 619. The molecule has 3 N–H and O–H groups in total. The number of aliphatic carboxylic acids is 1. The number of carbonyl (C=O) groups excluding carboxylic acids is 1. The van der Waals surface area contributed by atoms with Crippen LogP contribution in [0, 0.1) is 10.8 Å². The zero-order chi connectivity index (χ0) is 16.5. The first kappa shape index (κ1) is 15.6. The molecule has 6 nitrogen and oxygen atoms in total. The van der Waals surface area contributed by atoms with Crippen LogP contribution in [0.15, 0.2) is 24.3 Å². The van der Waals surface area contributed by atoms with Crippen molar-refractivity contribution >= 4 is 11.9 Å². The largest absolute Gasteiger partial charge is 0.504 e. The molecule has 2 saturated carbocycles. The predicted octanol–water partition coefficient (Wildman–Crippen LogP) is 1.92. The summed E-state index contributed by atoms with van der Waals surface area (Å²) in [7, 11) is 0. The molecule has 2 aliphatic carbocycles. The lowest BCUT2D eigenvalue weighted by Crippen LogP contribution is -2.40. The normalized spacial score (nSPS) is 28.5. The Labute approximate surface area is 134 Å². The van der Waals surface area contributed by atoms with E-state index in [9.17, 15) is 19.8 Å². The molecule has 3 rings (SSSR count). The molecule has 124 valence electrons. The highest BCUT2D eigenvalue weighted by molar-refractivity contribution is 5.87. The van der Waals surface area contributed by atoms with Gasteiger partial charge < -0.3 is 20.3 Å². The molecule has 1 aromatic rings. The van der Waals surface area contributed by atoms with Gasteiger partial charge in [-0.15, -0.1) is 0 Å². The van der Waals surface area contributed by atoms with Crippen molar-refractivity contribution in [3.8, 4) is 11.5 Å². The molecule has 0 aliphatic heterocycles. The van der Waals surface area contributed by atoms with E-state index >= 15 is 0 Å². The van der Waals surface area contributed by atoms with E-state index in [1.54, 1.807) is 18.2 Å². The van der Waals surface area contributed by atoms with Crippen molar-refractivity contribution in [3.05, 3.63) is 24.3 Å². The van der Waals surface area contributed by atoms with E-state index in [-0.39, 0.29) is 18.3 Å². The fraction of sp³-hybridized carbons (Fsp3) is 0.529. The molecular formula is C17H21NO5. The molecule has 2 aliphatic rings. The maximum atomic E-state index is 12.5. The van der Waals surface area contributed by atoms with Gasteiger partial charge in [0.05, 0.1) is 17.4 Å². The summed E-state index contributed by atoms with van der Waals surface area (Å²) in [5.74, 6) is -0.395. The molecule has 2 bridgehead atoms. The molecule has 0 heterocycles. The van der Waals surface area contributed by atoms with Gasteiger partial charge in [0.15, 0.2) is 11.5 Å². The van der Waals surface area contributed by atoms with Crippen molar-refractivity contribution in [1.82, 2.24) is 5.32 Å². The maximum Gasteiger partial charge on any atom is 0.309 e. The van der Waals surface area contributed by atoms with Crippen LogP contribution in [-0.2, 0) is 9.59 Å². The third-order valence-electron chi connectivity index (χ3n) is 5.29. The van der Waals surface area contributed by atoms with Crippen molar-refractivity contribution < 1.29 is 24.5 Å². The SMILES string of the molecule is O=C(O)C12CCC(C(=O)NCCOc3ccccc3O)(CC1)C2. The quantitative estimate of drug-likeness (QED) is 0.696. The Kier molecular flexibility index (Phi) is 3.92. The summed E-state index contributed by atoms with van der Waals surface area (Å²) in [4.78, 5) is 23.9. The molecule has 0 aromatic heterocycles. The molecule has 0 unspecified atom stereocenters. The Hall–Kier alpha value is -2.24. The van der Waals surface area contributed by atoms with Gasteiger partial charge in [-0.3, -0.25) is 9.59 Å². The Balaban J connectivity index is 1.49. The van der Waals surface area contributed by atoms with E-state index in [0.717, 1.165) is 0 Å². The number of phenolic OH excluding ortho intramolecular Hbond substituents is 1.